The zero-order chi connectivity index (χ0) is 16.8. The Morgan fingerprint density at radius 3 is 2.79 bits per heavy atom. The average molecular weight is 340 g/mol. The van der Waals surface area contributed by atoms with Crippen LogP contribution in [0.15, 0.2) is 59.5 Å². The third-order valence-electron chi connectivity index (χ3n) is 4.39. The smallest absolute Gasteiger partial charge is 0.223 e. The topological polar surface area (TPSA) is 41.1 Å². The van der Waals surface area contributed by atoms with E-state index >= 15 is 0 Å². The molecule has 0 aliphatic carbocycles. The molecule has 0 bridgehead atoms. The van der Waals surface area contributed by atoms with Gasteiger partial charge in [-0.15, -0.1) is 11.8 Å². The number of amides is 1. The summed E-state index contributed by atoms with van der Waals surface area (Å²) >= 11 is 1.73. The fraction of sp³-hybridized carbons (Fsp3) is 0.350. The van der Waals surface area contributed by atoms with Gasteiger partial charge in [0.05, 0.1) is 0 Å². The molecule has 0 spiro atoms. The summed E-state index contributed by atoms with van der Waals surface area (Å²) < 4.78 is 0. The highest BCUT2D eigenvalue weighted by molar-refractivity contribution is 7.99. The molecule has 1 aliphatic rings. The molecule has 2 N–H and O–H groups in total. The van der Waals surface area contributed by atoms with Gasteiger partial charge < -0.3 is 10.6 Å². The van der Waals surface area contributed by atoms with Crippen LogP contribution < -0.4 is 10.6 Å². The van der Waals surface area contributed by atoms with Gasteiger partial charge >= 0.3 is 0 Å². The minimum absolute atomic E-state index is 0.00552. The minimum atomic E-state index is -0.00552. The van der Waals surface area contributed by atoms with Crippen molar-refractivity contribution in [3.63, 3.8) is 0 Å². The van der Waals surface area contributed by atoms with Crippen LogP contribution in [0.4, 0.5) is 0 Å². The molecule has 0 aromatic heterocycles. The highest BCUT2D eigenvalue weighted by Crippen LogP contribution is 2.23. The molecule has 1 aliphatic heterocycles. The maximum Gasteiger partial charge on any atom is 0.223 e. The Kier molecular flexibility index (Phi) is 5.94. The summed E-state index contributed by atoms with van der Waals surface area (Å²) in [7, 11) is 0. The van der Waals surface area contributed by atoms with Crippen LogP contribution in [0.25, 0.3) is 0 Å². The van der Waals surface area contributed by atoms with E-state index < -0.39 is 0 Å². The van der Waals surface area contributed by atoms with Gasteiger partial charge in [0.2, 0.25) is 5.91 Å². The van der Waals surface area contributed by atoms with E-state index in [4.69, 9.17) is 0 Å². The average Bonchev–Trinajstić information content (AvgIpc) is 2.65. The molecule has 1 amide bonds. The Morgan fingerprint density at radius 1 is 1.21 bits per heavy atom. The van der Waals surface area contributed by atoms with Gasteiger partial charge in [0, 0.05) is 29.2 Å². The monoisotopic (exact) mass is 340 g/mol. The SMILES string of the molecule is CC(CSc1ccccc1)C(=O)NCC1NCCc2ccccc21. The Balaban J connectivity index is 1.49. The molecule has 126 valence electrons. The lowest BCUT2D eigenvalue weighted by atomic mass is 9.94. The van der Waals surface area contributed by atoms with Gasteiger partial charge in [-0.05, 0) is 36.2 Å². The lowest BCUT2D eigenvalue weighted by Gasteiger charge is -2.27. The summed E-state index contributed by atoms with van der Waals surface area (Å²) in [5.41, 5.74) is 2.71. The van der Waals surface area contributed by atoms with E-state index in [1.54, 1.807) is 11.8 Å². The minimum Gasteiger partial charge on any atom is -0.354 e. The first-order valence-corrected chi connectivity index (χ1v) is 9.49. The zero-order valence-electron chi connectivity index (χ0n) is 14.0. The summed E-state index contributed by atoms with van der Waals surface area (Å²) in [4.78, 5) is 13.6. The first-order valence-electron chi connectivity index (χ1n) is 8.51. The van der Waals surface area contributed by atoms with Crippen molar-refractivity contribution in [2.24, 2.45) is 5.92 Å². The van der Waals surface area contributed by atoms with Crippen molar-refractivity contribution in [2.45, 2.75) is 24.3 Å². The first-order chi connectivity index (χ1) is 11.7. The molecule has 3 rings (SSSR count). The van der Waals surface area contributed by atoms with E-state index in [0.717, 1.165) is 18.7 Å². The van der Waals surface area contributed by atoms with Gasteiger partial charge in [0.25, 0.3) is 0 Å². The highest BCUT2D eigenvalue weighted by Gasteiger charge is 2.21. The summed E-state index contributed by atoms with van der Waals surface area (Å²) in [5, 5.41) is 6.62. The van der Waals surface area contributed by atoms with E-state index in [0.29, 0.717) is 6.54 Å². The molecule has 24 heavy (non-hydrogen) atoms. The van der Waals surface area contributed by atoms with Gasteiger partial charge in [-0.2, -0.15) is 0 Å². The van der Waals surface area contributed by atoms with Gasteiger partial charge in [0.15, 0.2) is 0 Å². The summed E-state index contributed by atoms with van der Waals surface area (Å²) in [6, 6.07) is 18.9. The van der Waals surface area contributed by atoms with Crippen molar-refractivity contribution in [3.8, 4) is 0 Å². The molecule has 0 saturated carbocycles. The van der Waals surface area contributed by atoms with Crippen molar-refractivity contribution < 1.29 is 4.79 Å². The van der Waals surface area contributed by atoms with Crippen LogP contribution in [-0.4, -0.2) is 24.7 Å². The molecule has 2 aromatic rings. The van der Waals surface area contributed by atoms with Crippen LogP contribution in [0.3, 0.4) is 0 Å². The normalized spacial score (nSPS) is 17.8. The summed E-state index contributed by atoms with van der Waals surface area (Å²) in [6.07, 6.45) is 1.06. The van der Waals surface area contributed by atoms with Crippen molar-refractivity contribution in [1.82, 2.24) is 10.6 Å². The molecule has 0 fully saturated rings. The van der Waals surface area contributed by atoms with Crippen molar-refractivity contribution in [1.29, 1.82) is 0 Å². The van der Waals surface area contributed by atoms with E-state index in [2.05, 4.69) is 47.0 Å². The molecular weight excluding hydrogens is 316 g/mol. The van der Waals surface area contributed by atoms with Crippen LogP contribution in [0.2, 0.25) is 0 Å². The lowest BCUT2D eigenvalue weighted by molar-refractivity contribution is -0.123. The molecule has 1 heterocycles. The fourth-order valence-corrected chi connectivity index (χ4v) is 3.91. The number of hydrogen-bond acceptors (Lipinski definition) is 3. The van der Waals surface area contributed by atoms with Crippen LogP contribution in [-0.2, 0) is 11.2 Å². The lowest BCUT2D eigenvalue weighted by Crippen LogP contribution is -2.40. The van der Waals surface area contributed by atoms with Crippen molar-refractivity contribution in [2.75, 3.05) is 18.8 Å². The third kappa shape index (κ3) is 4.40. The van der Waals surface area contributed by atoms with Gasteiger partial charge in [-0.3, -0.25) is 4.79 Å². The second kappa shape index (κ2) is 8.36. The molecule has 2 unspecified atom stereocenters. The Morgan fingerprint density at radius 2 is 1.96 bits per heavy atom. The summed E-state index contributed by atoms with van der Waals surface area (Å²) in [6.45, 7) is 3.61. The van der Waals surface area contributed by atoms with Crippen LogP contribution in [0.1, 0.15) is 24.1 Å². The second-order valence-corrected chi connectivity index (χ2v) is 7.32. The molecule has 2 atom stereocenters. The molecule has 0 saturated heterocycles. The van der Waals surface area contributed by atoms with Gasteiger partial charge in [0.1, 0.15) is 0 Å². The number of nitrogens with one attached hydrogen (secondary N) is 2. The maximum atomic E-state index is 12.4. The molecular formula is C20H24N2OS. The van der Waals surface area contributed by atoms with Gasteiger partial charge in [-0.25, -0.2) is 0 Å². The third-order valence-corrected chi connectivity index (χ3v) is 5.66. The molecule has 0 radical (unpaired) electrons. The number of hydrogen-bond donors (Lipinski definition) is 2. The zero-order valence-corrected chi connectivity index (χ0v) is 14.8. The van der Waals surface area contributed by atoms with Crippen LogP contribution in [0, 0.1) is 5.92 Å². The van der Waals surface area contributed by atoms with E-state index in [1.165, 1.54) is 16.0 Å². The number of thioether (sulfide) groups is 1. The fourth-order valence-electron chi connectivity index (χ4n) is 2.97. The van der Waals surface area contributed by atoms with Crippen molar-refractivity contribution in [3.05, 3.63) is 65.7 Å². The number of rotatable bonds is 6. The second-order valence-electron chi connectivity index (χ2n) is 6.23. The molecule has 3 nitrogen and oxygen atoms in total. The predicted octanol–water partition coefficient (Wildman–Crippen LogP) is 3.42. The number of fused-ring (bicyclic) bond motifs is 1. The Hall–Kier alpha value is -1.78. The van der Waals surface area contributed by atoms with Gasteiger partial charge in [-0.1, -0.05) is 49.4 Å². The number of carbonyl (C=O) groups is 1. The Labute approximate surface area is 148 Å². The molecule has 4 heteroatoms. The van der Waals surface area contributed by atoms with Crippen LogP contribution >= 0.6 is 11.8 Å². The van der Waals surface area contributed by atoms with E-state index in [1.807, 2.05) is 25.1 Å². The Bertz CT molecular complexity index is 674. The van der Waals surface area contributed by atoms with E-state index in [-0.39, 0.29) is 17.9 Å². The quantitative estimate of drug-likeness (QED) is 0.792. The highest BCUT2D eigenvalue weighted by atomic mass is 32.2. The molecule has 2 aromatic carbocycles. The first kappa shape index (κ1) is 17.1. The maximum absolute atomic E-state index is 12.4. The van der Waals surface area contributed by atoms with Crippen LogP contribution in [0.5, 0.6) is 0 Å². The van der Waals surface area contributed by atoms with E-state index in [9.17, 15) is 4.79 Å². The standard InChI is InChI=1S/C20H24N2OS/c1-15(14-24-17-8-3-2-4-9-17)20(23)22-13-19-18-10-6-5-7-16(18)11-12-21-19/h2-10,15,19,21H,11-14H2,1H3,(H,22,23). The largest absolute Gasteiger partial charge is 0.354 e. The van der Waals surface area contributed by atoms with Crippen molar-refractivity contribution >= 4 is 17.7 Å². The number of carbonyl (C=O) groups excluding carboxylic acids is 1. The summed E-state index contributed by atoms with van der Waals surface area (Å²) in [5.74, 6) is 0.919. The predicted molar refractivity (Wildman–Crippen MR) is 100 cm³/mol. The number of benzene rings is 2.